The number of amides is 2. The summed E-state index contributed by atoms with van der Waals surface area (Å²) in [5.74, 6) is 0.249. The number of carbonyl (C=O) groups excluding carboxylic acids is 2. The van der Waals surface area contributed by atoms with Crippen LogP contribution < -0.4 is 5.32 Å². The van der Waals surface area contributed by atoms with Crippen molar-refractivity contribution in [1.82, 2.24) is 20.0 Å². The van der Waals surface area contributed by atoms with E-state index in [1.54, 1.807) is 38.0 Å². The van der Waals surface area contributed by atoms with E-state index in [2.05, 4.69) is 10.2 Å². The Bertz CT molecular complexity index is 310. The van der Waals surface area contributed by atoms with Crippen LogP contribution in [0.2, 0.25) is 0 Å². The molecule has 0 aromatic rings. The first-order chi connectivity index (χ1) is 8.90. The molecule has 1 heterocycles. The first-order valence-electron chi connectivity index (χ1n) is 6.76. The van der Waals surface area contributed by atoms with Crippen LogP contribution in [0.4, 0.5) is 0 Å². The molecule has 0 aromatic heterocycles. The number of carbonyl (C=O) groups is 2. The van der Waals surface area contributed by atoms with E-state index < -0.39 is 0 Å². The fraction of sp³-hybridized carbons (Fsp3) is 0.846. The van der Waals surface area contributed by atoms with Crippen molar-refractivity contribution in [1.29, 1.82) is 0 Å². The van der Waals surface area contributed by atoms with E-state index >= 15 is 0 Å². The third kappa shape index (κ3) is 5.57. The largest absolute Gasteiger partial charge is 0.348 e. The molecule has 1 rings (SSSR count). The molecule has 6 nitrogen and oxygen atoms in total. The fourth-order valence-corrected chi connectivity index (χ4v) is 2.02. The summed E-state index contributed by atoms with van der Waals surface area (Å²) in [6, 6.07) is 0.384. The second-order valence-electron chi connectivity index (χ2n) is 5.51. The zero-order valence-corrected chi connectivity index (χ0v) is 12.5. The molecule has 19 heavy (non-hydrogen) atoms. The molecule has 0 radical (unpaired) electrons. The Morgan fingerprint density at radius 1 is 1.05 bits per heavy atom. The predicted molar refractivity (Wildman–Crippen MR) is 74.9 cm³/mol. The van der Waals surface area contributed by atoms with E-state index in [-0.39, 0.29) is 11.8 Å². The van der Waals surface area contributed by atoms with Gasteiger partial charge in [-0.25, -0.2) is 0 Å². The highest BCUT2D eigenvalue weighted by Crippen LogP contribution is 2.10. The molecular weight excluding hydrogens is 244 g/mol. The van der Waals surface area contributed by atoms with Crippen molar-refractivity contribution in [2.45, 2.75) is 18.9 Å². The monoisotopic (exact) mass is 270 g/mol. The van der Waals surface area contributed by atoms with Crippen molar-refractivity contribution in [3.05, 3.63) is 0 Å². The summed E-state index contributed by atoms with van der Waals surface area (Å²) < 4.78 is 0. The predicted octanol–water partition coefficient (Wildman–Crippen LogP) is -0.783. The van der Waals surface area contributed by atoms with E-state index in [0.717, 1.165) is 25.9 Å². The zero-order valence-electron chi connectivity index (χ0n) is 12.5. The lowest BCUT2D eigenvalue weighted by atomic mass is 10.1. The summed E-state index contributed by atoms with van der Waals surface area (Å²) in [4.78, 5) is 28.5. The summed E-state index contributed by atoms with van der Waals surface area (Å²) in [7, 11) is 7.09. The maximum atomic E-state index is 11.6. The molecular formula is C13H26N4O2. The van der Waals surface area contributed by atoms with Gasteiger partial charge in [-0.1, -0.05) is 0 Å². The van der Waals surface area contributed by atoms with Gasteiger partial charge in [-0.15, -0.1) is 0 Å². The molecule has 0 aliphatic carbocycles. The SMILES string of the molecule is CN(C)C(=O)CNC1CCN(CC(=O)N(C)C)CC1. The molecule has 0 aromatic carbocycles. The highest BCUT2D eigenvalue weighted by Gasteiger charge is 2.21. The van der Waals surface area contributed by atoms with Crippen LogP contribution in [-0.4, -0.2) is 86.9 Å². The van der Waals surface area contributed by atoms with Gasteiger partial charge < -0.3 is 15.1 Å². The summed E-state index contributed by atoms with van der Waals surface area (Å²) in [5.41, 5.74) is 0. The number of rotatable bonds is 5. The van der Waals surface area contributed by atoms with Gasteiger partial charge in [0.2, 0.25) is 11.8 Å². The number of likely N-dealkylation sites (tertiary alicyclic amines) is 1. The average Bonchev–Trinajstić information content (AvgIpc) is 2.37. The van der Waals surface area contributed by atoms with Gasteiger partial charge in [0, 0.05) is 47.3 Å². The lowest BCUT2D eigenvalue weighted by molar-refractivity contribution is -0.130. The first-order valence-corrected chi connectivity index (χ1v) is 6.76. The van der Waals surface area contributed by atoms with Crippen LogP contribution in [-0.2, 0) is 9.59 Å². The van der Waals surface area contributed by atoms with Crippen LogP contribution in [0.5, 0.6) is 0 Å². The van der Waals surface area contributed by atoms with E-state index in [1.165, 1.54) is 0 Å². The van der Waals surface area contributed by atoms with Gasteiger partial charge >= 0.3 is 0 Å². The van der Waals surface area contributed by atoms with Gasteiger partial charge in [0.15, 0.2) is 0 Å². The summed E-state index contributed by atoms with van der Waals surface area (Å²) in [6.07, 6.45) is 1.98. The number of nitrogens with one attached hydrogen (secondary N) is 1. The van der Waals surface area contributed by atoms with Crippen LogP contribution in [0.3, 0.4) is 0 Å². The van der Waals surface area contributed by atoms with Crippen molar-refractivity contribution in [3.8, 4) is 0 Å². The number of hydrogen-bond acceptors (Lipinski definition) is 4. The molecule has 0 unspecified atom stereocenters. The normalized spacial score (nSPS) is 17.3. The molecule has 1 aliphatic heterocycles. The topological polar surface area (TPSA) is 55.9 Å². The summed E-state index contributed by atoms with van der Waals surface area (Å²) in [6.45, 7) is 2.71. The van der Waals surface area contributed by atoms with E-state index in [4.69, 9.17) is 0 Å². The highest BCUT2D eigenvalue weighted by molar-refractivity contribution is 5.78. The minimum absolute atomic E-state index is 0.102. The van der Waals surface area contributed by atoms with Crippen LogP contribution >= 0.6 is 0 Å². The highest BCUT2D eigenvalue weighted by atomic mass is 16.2. The van der Waals surface area contributed by atoms with Gasteiger partial charge in [-0.05, 0) is 12.8 Å². The van der Waals surface area contributed by atoms with Crippen LogP contribution in [0.1, 0.15) is 12.8 Å². The third-order valence-electron chi connectivity index (χ3n) is 3.49. The Balaban J connectivity index is 2.22. The Labute approximate surface area is 115 Å². The average molecular weight is 270 g/mol. The molecule has 1 N–H and O–H groups in total. The molecule has 0 saturated carbocycles. The molecule has 0 spiro atoms. The van der Waals surface area contributed by atoms with Gasteiger partial charge in [-0.3, -0.25) is 14.5 Å². The molecule has 1 aliphatic rings. The lowest BCUT2D eigenvalue weighted by Crippen LogP contribution is -2.47. The summed E-state index contributed by atoms with van der Waals surface area (Å²) in [5, 5.41) is 3.29. The fourth-order valence-electron chi connectivity index (χ4n) is 2.02. The van der Waals surface area contributed by atoms with E-state index in [0.29, 0.717) is 19.1 Å². The number of likely N-dealkylation sites (N-methyl/N-ethyl adjacent to an activating group) is 2. The minimum atomic E-state index is 0.102. The third-order valence-corrected chi connectivity index (χ3v) is 3.49. The van der Waals surface area contributed by atoms with Crippen molar-refractivity contribution >= 4 is 11.8 Å². The maximum absolute atomic E-state index is 11.6. The molecule has 0 bridgehead atoms. The lowest BCUT2D eigenvalue weighted by Gasteiger charge is -2.32. The zero-order chi connectivity index (χ0) is 14.4. The molecule has 2 amide bonds. The number of piperidine rings is 1. The Morgan fingerprint density at radius 2 is 1.58 bits per heavy atom. The van der Waals surface area contributed by atoms with Crippen molar-refractivity contribution in [3.63, 3.8) is 0 Å². The number of nitrogens with zero attached hydrogens (tertiary/aromatic N) is 3. The second-order valence-corrected chi connectivity index (χ2v) is 5.51. The second kappa shape index (κ2) is 7.45. The quantitative estimate of drug-likeness (QED) is 0.712. The van der Waals surface area contributed by atoms with Crippen molar-refractivity contribution < 1.29 is 9.59 Å². The van der Waals surface area contributed by atoms with Gasteiger partial charge in [0.25, 0.3) is 0 Å². The molecule has 6 heteroatoms. The minimum Gasteiger partial charge on any atom is -0.348 e. The Kier molecular flexibility index (Phi) is 6.24. The molecule has 0 atom stereocenters. The first kappa shape index (κ1) is 15.9. The van der Waals surface area contributed by atoms with Gasteiger partial charge in [0.1, 0.15) is 0 Å². The Hall–Kier alpha value is -1.14. The van der Waals surface area contributed by atoms with Crippen LogP contribution in [0.25, 0.3) is 0 Å². The van der Waals surface area contributed by atoms with Gasteiger partial charge in [0.05, 0.1) is 13.1 Å². The van der Waals surface area contributed by atoms with Gasteiger partial charge in [-0.2, -0.15) is 0 Å². The van der Waals surface area contributed by atoms with E-state index in [1.807, 2.05) is 0 Å². The van der Waals surface area contributed by atoms with Crippen LogP contribution in [0.15, 0.2) is 0 Å². The molecule has 110 valence electrons. The standard InChI is InChI=1S/C13H26N4O2/c1-15(2)12(18)9-14-11-5-7-17(8-6-11)10-13(19)16(3)4/h11,14H,5-10H2,1-4H3. The maximum Gasteiger partial charge on any atom is 0.236 e. The van der Waals surface area contributed by atoms with Crippen molar-refractivity contribution in [2.75, 3.05) is 54.4 Å². The molecule has 1 fully saturated rings. The van der Waals surface area contributed by atoms with Crippen LogP contribution in [0, 0.1) is 0 Å². The smallest absolute Gasteiger partial charge is 0.236 e. The van der Waals surface area contributed by atoms with Crippen molar-refractivity contribution in [2.24, 2.45) is 0 Å². The number of hydrogen-bond donors (Lipinski definition) is 1. The molecule has 1 saturated heterocycles. The summed E-state index contributed by atoms with van der Waals surface area (Å²) >= 11 is 0. The Morgan fingerprint density at radius 3 is 2.05 bits per heavy atom. The van der Waals surface area contributed by atoms with E-state index in [9.17, 15) is 9.59 Å².